The molecule has 0 heterocycles. The van der Waals surface area contributed by atoms with Crippen molar-refractivity contribution in [3.63, 3.8) is 0 Å². The lowest BCUT2D eigenvalue weighted by molar-refractivity contribution is 0.104. The first-order valence-electron chi connectivity index (χ1n) is 8.23. The number of rotatable bonds is 6. The molecule has 0 bridgehead atoms. The minimum atomic E-state index is -3.70. The van der Waals surface area contributed by atoms with Crippen LogP contribution in [0.15, 0.2) is 88.2 Å². The number of aromatic hydroxyl groups is 1. The largest absolute Gasteiger partial charge is 0.508 e. The van der Waals surface area contributed by atoms with Gasteiger partial charge in [0.25, 0.3) is 10.0 Å². The van der Waals surface area contributed by atoms with Crippen LogP contribution < -0.4 is 4.72 Å². The molecule has 3 rings (SSSR count). The summed E-state index contributed by atoms with van der Waals surface area (Å²) in [5.74, 6) is -0.0555. The molecule has 142 valence electrons. The molecule has 0 aromatic heterocycles. The van der Waals surface area contributed by atoms with Gasteiger partial charge >= 0.3 is 0 Å². The number of carbonyl (C=O) groups is 1. The zero-order valence-corrected chi connectivity index (χ0v) is 16.9. The summed E-state index contributed by atoms with van der Waals surface area (Å²) in [7, 11) is -3.70. The topological polar surface area (TPSA) is 83.5 Å². The van der Waals surface area contributed by atoms with E-state index in [0.29, 0.717) is 11.3 Å². The lowest BCUT2D eigenvalue weighted by atomic mass is 10.1. The van der Waals surface area contributed by atoms with Crippen molar-refractivity contribution in [2.24, 2.45) is 0 Å². The van der Waals surface area contributed by atoms with Crippen LogP contribution in [0.25, 0.3) is 6.08 Å². The van der Waals surface area contributed by atoms with Crippen LogP contribution in [0.5, 0.6) is 5.75 Å². The van der Waals surface area contributed by atoms with Crippen molar-refractivity contribution < 1.29 is 18.3 Å². The molecular formula is C21H16BrNO4S. The van der Waals surface area contributed by atoms with Crippen molar-refractivity contribution in [1.82, 2.24) is 0 Å². The molecule has 3 aromatic rings. The Morgan fingerprint density at radius 3 is 2.11 bits per heavy atom. The number of halogens is 1. The fourth-order valence-electron chi connectivity index (χ4n) is 2.38. The molecule has 0 aliphatic rings. The third-order valence-electron chi connectivity index (χ3n) is 3.87. The van der Waals surface area contributed by atoms with Gasteiger partial charge in [-0.3, -0.25) is 9.52 Å². The predicted molar refractivity (Wildman–Crippen MR) is 113 cm³/mol. The SMILES string of the molecule is O=C(/C=C/c1ccc(O)cc1)c1ccc(NS(=O)(=O)c2ccc(Br)cc2)cc1. The van der Waals surface area contributed by atoms with E-state index in [1.54, 1.807) is 42.5 Å². The van der Waals surface area contributed by atoms with E-state index in [9.17, 15) is 18.3 Å². The Morgan fingerprint density at radius 1 is 0.893 bits per heavy atom. The third-order valence-corrected chi connectivity index (χ3v) is 5.79. The summed E-state index contributed by atoms with van der Waals surface area (Å²) in [6.45, 7) is 0. The second-order valence-corrected chi connectivity index (χ2v) is 8.52. The molecule has 5 nitrogen and oxygen atoms in total. The van der Waals surface area contributed by atoms with E-state index in [-0.39, 0.29) is 16.4 Å². The second kappa shape index (κ2) is 8.41. The zero-order chi connectivity index (χ0) is 20.1. The zero-order valence-electron chi connectivity index (χ0n) is 14.5. The van der Waals surface area contributed by atoms with E-state index >= 15 is 0 Å². The first kappa shape index (κ1) is 19.9. The van der Waals surface area contributed by atoms with E-state index in [2.05, 4.69) is 20.7 Å². The highest BCUT2D eigenvalue weighted by Crippen LogP contribution is 2.19. The van der Waals surface area contributed by atoms with E-state index in [4.69, 9.17) is 0 Å². The number of ketones is 1. The molecule has 0 saturated heterocycles. The van der Waals surface area contributed by atoms with Gasteiger partial charge in [-0.1, -0.05) is 34.1 Å². The smallest absolute Gasteiger partial charge is 0.261 e. The standard InChI is InChI=1S/C21H16BrNO4S/c22-17-6-12-20(13-7-17)28(26,27)23-18-8-4-16(5-9-18)21(25)14-3-15-1-10-19(24)11-2-15/h1-14,23-24H/b14-3+. The quantitative estimate of drug-likeness (QED) is 0.409. The fraction of sp³-hybridized carbons (Fsp3) is 0. The maximum atomic E-state index is 12.4. The molecule has 0 saturated carbocycles. The number of hydrogen-bond acceptors (Lipinski definition) is 4. The van der Waals surface area contributed by atoms with Crippen molar-refractivity contribution >= 4 is 43.5 Å². The molecular weight excluding hydrogens is 442 g/mol. The molecule has 3 aromatic carbocycles. The van der Waals surface area contributed by atoms with Gasteiger partial charge in [0.1, 0.15) is 5.75 Å². The summed E-state index contributed by atoms with van der Waals surface area (Å²) in [6.07, 6.45) is 3.07. The van der Waals surface area contributed by atoms with Crippen LogP contribution in [-0.4, -0.2) is 19.3 Å². The summed E-state index contributed by atoms with van der Waals surface area (Å²) < 4.78 is 28.1. The average Bonchev–Trinajstić information content (AvgIpc) is 2.68. The van der Waals surface area contributed by atoms with Crippen molar-refractivity contribution in [3.05, 3.63) is 94.5 Å². The van der Waals surface area contributed by atoms with Crippen LogP contribution in [0, 0.1) is 0 Å². The summed E-state index contributed by atoms with van der Waals surface area (Å²) >= 11 is 3.27. The Bertz CT molecular complexity index is 1100. The summed E-state index contributed by atoms with van der Waals surface area (Å²) in [5.41, 5.74) is 1.58. The number of hydrogen-bond donors (Lipinski definition) is 2. The van der Waals surface area contributed by atoms with Crippen LogP contribution >= 0.6 is 15.9 Å². The summed E-state index contributed by atoms with van der Waals surface area (Å²) in [6, 6.07) is 19.0. The van der Waals surface area contributed by atoms with E-state index < -0.39 is 10.0 Å². The third kappa shape index (κ3) is 5.09. The minimum Gasteiger partial charge on any atom is -0.508 e. The number of carbonyl (C=O) groups excluding carboxylic acids is 1. The van der Waals surface area contributed by atoms with E-state index in [1.807, 2.05) is 0 Å². The van der Waals surface area contributed by atoms with Crippen molar-refractivity contribution in [2.45, 2.75) is 4.90 Å². The van der Waals surface area contributed by atoms with Crippen molar-refractivity contribution in [1.29, 1.82) is 0 Å². The summed E-state index contributed by atoms with van der Waals surface area (Å²) in [5, 5.41) is 9.26. The number of phenolic OH excluding ortho intramolecular Hbond substituents is 1. The molecule has 0 radical (unpaired) electrons. The number of nitrogens with one attached hydrogen (secondary N) is 1. The highest BCUT2D eigenvalue weighted by Gasteiger charge is 2.14. The van der Waals surface area contributed by atoms with Crippen LogP contribution in [0.1, 0.15) is 15.9 Å². The number of allylic oxidation sites excluding steroid dienone is 1. The minimum absolute atomic E-state index is 0.146. The van der Waals surface area contributed by atoms with Gasteiger partial charge in [-0.05, 0) is 72.3 Å². The first-order valence-corrected chi connectivity index (χ1v) is 10.5. The Hall–Kier alpha value is -2.90. The molecule has 2 N–H and O–H groups in total. The number of benzene rings is 3. The normalized spacial score (nSPS) is 11.5. The maximum absolute atomic E-state index is 12.4. The number of anilines is 1. The average molecular weight is 458 g/mol. The molecule has 7 heteroatoms. The predicted octanol–water partition coefficient (Wildman–Crippen LogP) is 4.85. The van der Waals surface area contributed by atoms with Gasteiger partial charge in [-0.25, -0.2) is 8.42 Å². The first-order chi connectivity index (χ1) is 13.3. The van der Waals surface area contributed by atoms with Crippen molar-refractivity contribution in [3.8, 4) is 5.75 Å². The molecule has 28 heavy (non-hydrogen) atoms. The van der Waals surface area contributed by atoms with Crippen molar-refractivity contribution in [2.75, 3.05) is 4.72 Å². The van der Waals surface area contributed by atoms with Gasteiger partial charge in [0.2, 0.25) is 0 Å². The molecule has 0 unspecified atom stereocenters. The monoisotopic (exact) mass is 457 g/mol. The van der Waals surface area contributed by atoms with Gasteiger partial charge in [-0.15, -0.1) is 0 Å². The summed E-state index contributed by atoms with van der Waals surface area (Å²) in [4.78, 5) is 12.4. The van der Waals surface area contributed by atoms with Gasteiger partial charge in [-0.2, -0.15) is 0 Å². The Kier molecular flexibility index (Phi) is 5.96. The fourth-order valence-corrected chi connectivity index (χ4v) is 3.71. The van der Waals surface area contributed by atoms with Gasteiger partial charge in [0.15, 0.2) is 5.78 Å². The molecule has 0 aliphatic heterocycles. The van der Waals surface area contributed by atoms with E-state index in [1.165, 1.54) is 42.5 Å². The number of phenols is 1. The molecule has 0 spiro atoms. The van der Waals surface area contributed by atoms with Gasteiger partial charge in [0, 0.05) is 15.7 Å². The number of sulfonamides is 1. The second-order valence-electron chi connectivity index (χ2n) is 5.93. The van der Waals surface area contributed by atoms with Crippen LogP contribution in [0.2, 0.25) is 0 Å². The Balaban J connectivity index is 1.69. The maximum Gasteiger partial charge on any atom is 0.261 e. The highest BCUT2D eigenvalue weighted by atomic mass is 79.9. The lowest BCUT2D eigenvalue weighted by Gasteiger charge is -2.08. The van der Waals surface area contributed by atoms with Gasteiger partial charge < -0.3 is 5.11 Å². The lowest BCUT2D eigenvalue weighted by Crippen LogP contribution is -2.12. The van der Waals surface area contributed by atoms with Gasteiger partial charge in [0.05, 0.1) is 4.90 Å². The molecule has 0 amide bonds. The Morgan fingerprint density at radius 2 is 1.50 bits per heavy atom. The molecule has 0 aliphatic carbocycles. The highest BCUT2D eigenvalue weighted by molar-refractivity contribution is 9.10. The Labute approximate surface area is 171 Å². The van der Waals surface area contributed by atoms with Crippen LogP contribution in [-0.2, 0) is 10.0 Å². The van der Waals surface area contributed by atoms with E-state index in [0.717, 1.165) is 10.0 Å². The molecule has 0 fully saturated rings. The van der Waals surface area contributed by atoms with Crippen LogP contribution in [0.4, 0.5) is 5.69 Å². The molecule has 0 atom stereocenters. The van der Waals surface area contributed by atoms with Crippen LogP contribution in [0.3, 0.4) is 0 Å².